The predicted molar refractivity (Wildman–Crippen MR) is 96.8 cm³/mol. The maximum Gasteiger partial charge on any atom is 0.399 e. The SMILES string of the molecule is COc1c(CCc2c[nH]c3ccccc23)[nH]c(=O)c(CC(C)C)[n+]1[O-]. The Hall–Kier alpha value is -2.76. The van der Waals surface area contributed by atoms with Gasteiger partial charge in [0.2, 0.25) is 0 Å². The third-order valence-corrected chi connectivity index (χ3v) is 4.33. The van der Waals surface area contributed by atoms with Crippen molar-refractivity contribution in [2.24, 2.45) is 5.92 Å². The third kappa shape index (κ3) is 3.38. The molecule has 0 aliphatic carbocycles. The van der Waals surface area contributed by atoms with Crippen LogP contribution in [0.5, 0.6) is 5.88 Å². The van der Waals surface area contributed by atoms with Gasteiger partial charge in [-0.05, 0) is 24.0 Å². The molecule has 0 saturated carbocycles. The molecule has 0 unspecified atom stereocenters. The first-order valence-electron chi connectivity index (χ1n) is 8.47. The fourth-order valence-corrected chi connectivity index (χ4v) is 3.14. The van der Waals surface area contributed by atoms with Gasteiger partial charge in [-0.15, -0.1) is 4.73 Å². The normalized spacial score (nSPS) is 11.4. The Kier molecular flexibility index (Phi) is 4.79. The molecule has 0 aliphatic heterocycles. The molecule has 6 nitrogen and oxygen atoms in total. The van der Waals surface area contributed by atoms with Crippen molar-refractivity contribution in [1.29, 1.82) is 0 Å². The van der Waals surface area contributed by atoms with E-state index in [2.05, 4.69) is 16.0 Å². The number of aromatic amines is 2. The summed E-state index contributed by atoms with van der Waals surface area (Å²) in [6.45, 7) is 3.94. The van der Waals surface area contributed by atoms with Gasteiger partial charge in [0.15, 0.2) is 0 Å². The Morgan fingerprint density at radius 2 is 2.00 bits per heavy atom. The Morgan fingerprint density at radius 1 is 1.24 bits per heavy atom. The summed E-state index contributed by atoms with van der Waals surface area (Å²) in [6, 6.07) is 8.06. The van der Waals surface area contributed by atoms with Gasteiger partial charge in [0.1, 0.15) is 5.69 Å². The van der Waals surface area contributed by atoms with Crippen LogP contribution in [0.2, 0.25) is 0 Å². The molecule has 0 saturated heterocycles. The largest absolute Gasteiger partial charge is 0.616 e. The average Bonchev–Trinajstić information content (AvgIpc) is 3.00. The second-order valence-electron chi connectivity index (χ2n) is 6.64. The number of para-hydroxylation sites is 1. The lowest BCUT2D eigenvalue weighted by Gasteiger charge is -2.12. The first kappa shape index (κ1) is 17.1. The average molecular weight is 341 g/mol. The molecular weight excluding hydrogens is 318 g/mol. The van der Waals surface area contributed by atoms with Crippen molar-refractivity contribution in [3.8, 4) is 5.88 Å². The summed E-state index contributed by atoms with van der Waals surface area (Å²) in [4.78, 5) is 18.4. The van der Waals surface area contributed by atoms with Crippen molar-refractivity contribution in [3.05, 3.63) is 63.0 Å². The highest BCUT2D eigenvalue weighted by Crippen LogP contribution is 2.20. The van der Waals surface area contributed by atoms with Gasteiger partial charge in [0.25, 0.3) is 5.69 Å². The van der Waals surface area contributed by atoms with E-state index in [1.54, 1.807) is 0 Å². The van der Waals surface area contributed by atoms with Crippen molar-refractivity contribution < 1.29 is 9.47 Å². The minimum Gasteiger partial charge on any atom is -0.616 e. The number of nitrogens with one attached hydrogen (secondary N) is 2. The molecule has 25 heavy (non-hydrogen) atoms. The number of nitrogens with zero attached hydrogens (tertiary/aromatic N) is 1. The molecule has 1 aromatic carbocycles. The van der Waals surface area contributed by atoms with Gasteiger partial charge in [0, 0.05) is 29.9 Å². The third-order valence-electron chi connectivity index (χ3n) is 4.33. The van der Waals surface area contributed by atoms with Crippen molar-refractivity contribution in [2.45, 2.75) is 33.1 Å². The molecule has 0 radical (unpaired) electrons. The van der Waals surface area contributed by atoms with Gasteiger partial charge in [-0.2, -0.15) is 0 Å². The smallest absolute Gasteiger partial charge is 0.399 e. The number of H-pyrrole nitrogens is 2. The van der Waals surface area contributed by atoms with Crippen LogP contribution in [0.1, 0.15) is 30.8 Å². The predicted octanol–water partition coefficient (Wildman–Crippen LogP) is 2.48. The van der Waals surface area contributed by atoms with E-state index in [0.717, 1.165) is 16.5 Å². The van der Waals surface area contributed by atoms with Crippen LogP contribution >= 0.6 is 0 Å². The van der Waals surface area contributed by atoms with Crippen LogP contribution in [-0.4, -0.2) is 17.1 Å². The molecule has 3 aromatic rings. The molecular formula is C19H23N3O3. The maximum atomic E-state index is 12.5. The van der Waals surface area contributed by atoms with Crippen molar-refractivity contribution in [1.82, 2.24) is 9.97 Å². The molecule has 0 atom stereocenters. The highest BCUT2D eigenvalue weighted by molar-refractivity contribution is 5.83. The Bertz CT molecular complexity index is 941. The van der Waals surface area contributed by atoms with Crippen molar-refractivity contribution >= 4 is 10.9 Å². The summed E-state index contributed by atoms with van der Waals surface area (Å²) in [5, 5.41) is 13.7. The van der Waals surface area contributed by atoms with E-state index in [4.69, 9.17) is 4.74 Å². The van der Waals surface area contributed by atoms with Gasteiger partial charge in [0.05, 0.1) is 7.11 Å². The number of fused-ring (bicyclic) bond motifs is 1. The van der Waals surface area contributed by atoms with Gasteiger partial charge < -0.3 is 19.9 Å². The molecule has 132 valence electrons. The fraction of sp³-hybridized carbons (Fsp3) is 0.368. The van der Waals surface area contributed by atoms with Crippen LogP contribution in [-0.2, 0) is 19.3 Å². The molecule has 3 rings (SSSR count). The summed E-state index contributed by atoms with van der Waals surface area (Å²) in [7, 11) is 1.45. The van der Waals surface area contributed by atoms with Crippen LogP contribution in [0.3, 0.4) is 0 Å². The standard InChI is InChI=1S/C19H23N3O3/c1-12(2)10-17-18(23)21-16(19(25-3)22(17)24)9-8-13-11-20-15-7-5-4-6-14(13)15/h4-7,11-12,20H,8-10H2,1-3H3,(H,21,23). The number of hydrogen-bond donors (Lipinski definition) is 2. The molecule has 0 bridgehead atoms. The number of rotatable bonds is 6. The van der Waals surface area contributed by atoms with Gasteiger partial charge in [-0.25, -0.2) is 0 Å². The van der Waals surface area contributed by atoms with Gasteiger partial charge in [-0.3, -0.25) is 4.79 Å². The van der Waals surface area contributed by atoms with Gasteiger partial charge >= 0.3 is 11.4 Å². The fourth-order valence-electron chi connectivity index (χ4n) is 3.14. The van der Waals surface area contributed by atoms with E-state index < -0.39 is 0 Å². The lowest BCUT2D eigenvalue weighted by molar-refractivity contribution is -0.622. The second kappa shape index (κ2) is 7.01. The highest BCUT2D eigenvalue weighted by atomic mass is 16.5. The number of aromatic nitrogens is 3. The lowest BCUT2D eigenvalue weighted by Crippen LogP contribution is -2.43. The van der Waals surface area contributed by atoms with Crippen molar-refractivity contribution in [3.63, 3.8) is 0 Å². The van der Waals surface area contributed by atoms with E-state index in [-0.39, 0.29) is 23.1 Å². The zero-order valence-corrected chi connectivity index (χ0v) is 14.8. The molecule has 0 fully saturated rings. The molecule has 6 heteroatoms. The molecule has 0 spiro atoms. The first-order chi connectivity index (χ1) is 12.0. The first-order valence-corrected chi connectivity index (χ1v) is 8.47. The summed E-state index contributed by atoms with van der Waals surface area (Å²) >= 11 is 0. The summed E-state index contributed by atoms with van der Waals surface area (Å²) in [6.07, 6.45) is 3.59. The summed E-state index contributed by atoms with van der Waals surface area (Å²) in [5.41, 5.74) is 2.60. The molecule has 0 aliphatic rings. The second-order valence-corrected chi connectivity index (χ2v) is 6.64. The van der Waals surface area contributed by atoms with Gasteiger partial charge in [-0.1, -0.05) is 32.0 Å². The van der Waals surface area contributed by atoms with Crippen LogP contribution in [0.4, 0.5) is 0 Å². The number of methoxy groups -OCH3 is 1. The quantitative estimate of drug-likeness (QED) is 0.533. The Balaban J connectivity index is 1.91. The van der Waals surface area contributed by atoms with E-state index in [1.807, 2.05) is 38.2 Å². The zero-order chi connectivity index (χ0) is 18.0. The van der Waals surface area contributed by atoms with E-state index >= 15 is 0 Å². The summed E-state index contributed by atoms with van der Waals surface area (Å²) in [5.74, 6) is 0.387. The highest BCUT2D eigenvalue weighted by Gasteiger charge is 2.23. The molecule has 2 N–H and O–H groups in total. The monoisotopic (exact) mass is 341 g/mol. The molecule has 2 heterocycles. The van der Waals surface area contributed by atoms with Crippen LogP contribution in [0.15, 0.2) is 35.3 Å². The Morgan fingerprint density at radius 3 is 2.72 bits per heavy atom. The Labute approximate surface area is 146 Å². The molecule has 0 amide bonds. The van der Waals surface area contributed by atoms with Crippen LogP contribution in [0.25, 0.3) is 10.9 Å². The minimum absolute atomic E-state index is 0.176. The number of benzene rings is 1. The lowest BCUT2D eigenvalue weighted by atomic mass is 10.1. The van der Waals surface area contributed by atoms with Crippen LogP contribution in [0, 0.1) is 11.1 Å². The van der Waals surface area contributed by atoms with Crippen LogP contribution < -0.4 is 15.0 Å². The number of ether oxygens (including phenoxy) is 1. The van der Waals surface area contributed by atoms with E-state index in [0.29, 0.717) is 29.7 Å². The number of hydrogen-bond acceptors (Lipinski definition) is 3. The molecule has 2 aromatic heterocycles. The topological polar surface area (TPSA) is 84.8 Å². The minimum atomic E-state index is -0.335. The zero-order valence-electron chi connectivity index (χ0n) is 14.8. The van der Waals surface area contributed by atoms with E-state index in [9.17, 15) is 10.0 Å². The summed E-state index contributed by atoms with van der Waals surface area (Å²) < 4.78 is 5.93. The van der Waals surface area contributed by atoms with E-state index in [1.165, 1.54) is 7.11 Å². The number of aryl methyl sites for hydroxylation is 2. The van der Waals surface area contributed by atoms with Crippen molar-refractivity contribution in [2.75, 3.05) is 7.11 Å². The maximum absolute atomic E-state index is 12.5.